The van der Waals surface area contributed by atoms with Crippen molar-refractivity contribution in [3.8, 4) is 0 Å². The molecule has 3 rings (SSSR count). The third-order valence-electron chi connectivity index (χ3n) is 4.00. The minimum absolute atomic E-state index is 0.109. The second kappa shape index (κ2) is 5.98. The summed E-state index contributed by atoms with van der Waals surface area (Å²) in [4.78, 5) is 23.6. The maximum Gasteiger partial charge on any atom is 0.165 e. The number of hydrogen-bond donors (Lipinski definition) is 0. The molecule has 3 heteroatoms. The topological polar surface area (TPSA) is 39.1 Å². The molecule has 1 aromatic heterocycles. The van der Waals surface area contributed by atoms with Gasteiger partial charge in [-0.25, -0.2) is 0 Å². The number of para-hydroxylation sites is 1. The Balaban J connectivity index is 1.84. The van der Waals surface area contributed by atoms with Crippen LogP contribution in [0.25, 0.3) is 10.9 Å². The van der Waals surface area contributed by atoms with Gasteiger partial charge in [0, 0.05) is 41.7 Å². The van der Waals surface area contributed by atoms with E-state index in [4.69, 9.17) is 0 Å². The normalized spacial score (nSPS) is 10.8. The Bertz CT molecular complexity index is 846. The molecule has 0 amide bonds. The number of Topliss-reactive ketones (excluding diaryl/α,β-unsaturated/α-hetero) is 1. The zero-order valence-corrected chi connectivity index (χ0v) is 12.5. The Kier molecular flexibility index (Phi) is 3.88. The van der Waals surface area contributed by atoms with Crippen molar-refractivity contribution in [2.45, 2.75) is 12.8 Å². The molecule has 0 aliphatic heterocycles. The van der Waals surface area contributed by atoms with E-state index >= 15 is 0 Å². The molecule has 0 saturated carbocycles. The first-order valence-corrected chi connectivity index (χ1v) is 7.31. The number of aryl methyl sites for hydroxylation is 2. The van der Waals surface area contributed by atoms with Crippen LogP contribution in [0.2, 0.25) is 0 Å². The van der Waals surface area contributed by atoms with Crippen LogP contribution in [-0.2, 0) is 13.5 Å². The molecule has 0 atom stereocenters. The summed E-state index contributed by atoms with van der Waals surface area (Å²) in [5, 5.41) is 0.985. The third kappa shape index (κ3) is 2.58. The number of carbonyl (C=O) groups excluding carboxylic acids is 2. The molecule has 3 nitrogen and oxygen atoms in total. The summed E-state index contributed by atoms with van der Waals surface area (Å²) in [6.45, 7) is 0. The van der Waals surface area contributed by atoms with Crippen molar-refractivity contribution in [3.05, 3.63) is 71.4 Å². The van der Waals surface area contributed by atoms with Crippen LogP contribution in [0.3, 0.4) is 0 Å². The van der Waals surface area contributed by atoms with Crippen molar-refractivity contribution < 1.29 is 9.59 Å². The van der Waals surface area contributed by atoms with Crippen LogP contribution in [-0.4, -0.2) is 16.6 Å². The minimum atomic E-state index is 0.109. The number of ketones is 1. The molecule has 0 aliphatic carbocycles. The van der Waals surface area contributed by atoms with E-state index in [1.54, 1.807) is 6.07 Å². The van der Waals surface area contributed by atoms with Gasteiger partial charge in [0.1, 0.15) is 6.29 Å². The second-order valence-corrected chi connectivity index (χ2v) is 5.41. The quantitative estimate of drug-likeness (QED) is 0.529. The van der Waals surface area contributed by atoms with Crippen LogP contribution in [0.1, 0.15) is 32.7 Å². The van der Waals surface area contributed by atoms with Gasteiger partial charge in [-0.15, -0.1) is 0 Å². The molecule has 3 aromatic rings. The van der Waals surface area contributed by atoms with E-state index in [0.29, 0.717) is 18.4 Å². The smallest absolute Gasteiger partial charge is 0.165 e. The lowest BCUT2D eigenvalue weighted by atomic mass is 9.99. The first-order chi connectivity index (χ1) is 10.7. The van der Waals surface area contributed by atoms with Gasteiger partial charge in [-0.2, -0.15) is 0 Å². The summed E-state index contributed by atoms with van der Waals surface area (Å²) in [5.74, 6) is 0.109. The molecule has 0 unspecified atom stereocenters. The summed E-state index contributed by atoms with van der Waals surface area (Å²) in [6.07, 6.45) is 3.71. The predicted octanol–water partition coefficient (Wildman–Crippen LogP) is 3.81. The standard InChI is InChI=1S/C19H17NO2/c1-20-12-17(16-8-4-5-9-18(16)20)19(22)11-10-14-6-2-3-7-15(14)13-21/h2-9,12-13H,10-11H2,1H3. The fourth-order valence-corrected chi connectivity index (χ4v) is 2.82. The van der Waals surface area contributed by atoms with Gasteiger partial charge >= 0.3 is 0 Å². The third-order valence-corrected chi connectivity index (χ3v) is 4.00. The van der Waals surface area contributed by atoms with E-state index < -0.39 is 0 Å². The fraction of sp³-hybridized carbons (Fsp3) is 0.158. The SMILES string of the molecule is Cn1cc(C(=O)CCc2ccccc2C=O)c2ccccc21. The average Bonchev–Trinajstić information content (AvgIpc) is 2.90. The lowest BCUT2D eigenvalue weighted by Gasteiger charge is -2.03. The van der Waals surface area contributed by atoms with E-state index in [1.807, 2.05) is 60.3 Å². The molecule has 0 aliphatic rings. The maximum absolute atomic E-state index is 12.5. The minimum Gasteiger partial charge on any atom is -0.350 e. The number of carbonyl (C=O) groups is 2. The van der Waals surface area contributed by atoms with Crippen LogP contribution in [0.15, 0.2) is 54.7 Å². The number of aromatic nitrogens is 1. The molecule has 0 N–H and O–H groups in total. The van der Waals surface area contributed by atoms with Crippen molar-refractivity contribution in [2.24, 2.45) is 7.05 Å². The molecule has 0 spiro atoms. The van der Waals surface area contributed by atoms with E-state index in [2.05, 4.69) is 0 Å². The van der Waals surface area contributed by atoms with Crippen molar-refractivity contribution >= 4 is 23.0 Å². The van der Waals surface area contributed by atoms with E-state index in [-0.39, 0.29) is 5.78 Å². The van der Waals surface area contributed by atoms with Crippen LogP contribution in [0.4, 0.5) is 0 Å². The molecule has 0 saturated heterocycles. The molecule has 2 aromatic carbocycles. The summed E-state index contributed by atoms with van der Waals surface area (Å²) >= 11 is 0. The Hall–Kier alpha value is -2.68. The van der Waals surface area contributed by atoms with Gasteiger partial charge in [0.15, 0.2) is 5.78 Å². The summed E-state index contributed by atoms with van der Waals surface area (Å²) in [5.41, 5.74) is 3.39. The van der Waals surface area contributed by atoms with Gasteiger partial charge in [-0.05, 0) is 18.1 Å². The lowest BCUT2D eigenvalue weighted by Crippen LogP contribution is -2.02. The zero-order valence-electron chi connectivity index (χ0n) is 12.5. The van der Waals surface area contributed by atoms with Gasteiger partial charge in [-0.3, -0.25) is 9.59 Å². The molecule has 110 valence electrons. The van der Waals surface area contributed by atoms with Crippen LogP contribution < -0.4 is 0 Å². The van der Waals surface area contributed by atoms with Crippen molar-refractivity contribution in [2.75, 3.05) is 0 Å². The number of nitrogens with zero attached hydrogens (tertiary/aromatic N) is 1. The van der Waals surface area contributed by atoms with Crippen LogP contribution in [0, 0.1) is 0 Å². The summed E-state index contributed by atoms with van der Waals surface area (Å²) < 4.78 is 1.97. The largest absolute Gasteiger partial charge is 0.350 e. The Labute approximate surface area is 129 Å². The first-order valence-electron chi connectivity index (χ1n) is 7.31. The van der Waals surface area contributed by atoms with Crippen molar-refractivity contribution in [1.29, 1.82) is 0 Å². The number of aldehydes is 1. The Morgan fingerprint density at radius 2 is 1.82 bits per heavy atom. The number of benzene rings is 2. The number of fused-ring (bicyclic) bond motifs is 1. The highest BCUT2D eigenvalue weighted by atomic mass is 16.1. The molecule has 0 bridgehead atoms. The van der Waals surface area contributed by atoms with Gasteiger partial charge in [0.2, 0.25) is 0 Å². The van der Waals surface area contributed by atoms with E-state index in [1.165, 1.54) is 0 Å². The molecule has 0 fully saturated rings. The summed E-state index contributed by atoms with van der Waals surface area (Å²) in [7, 11) is 1.95. The lowest BCUT2D eigenvalue weighted by molar-refractivity contribution is 0.0983. The number of hydrogen-bond acceptors (Lipinski definition) is 2. The second-order valence-electron chi connectivity index (χ2n) is 5.41. The van der Waals surface area contributed by atoms with Crippen molar-refractivity contribution in [3.63, 3.8) is 0 Å². The highest BCUT2D eigenvalue weighted by Gasteiger charge is 2.14. The average molecular weight is 291 g/mol. The van der Waals surface area contributed by atoms with Gasteiger partial charge in [0.25, 0.3) is 0 Å². The fourth-order valence-electron chi connectivity index (χ4n) is 2.82. The zero-order chi connectivity index (χ0) is 15.5. The monoisotopic (exact) mass is 291 g/mol. The van der Waals surface area contributed by atoms with E-state index in [0.717, 1.165) is 28.3 Å². The first kappa shape index (κ1) is 14.3. The van der Waals surface area contributed by atoms with E-state index in [9.17, 15) is 9.59 Å². The van der Waals surface area contributed by atoms with Gasteiger partial charge in [0.05, 0.1) is 0 Å². The Morgan fingerprint density at radius 3 is 2.64 bits per heavy atom. The molecule has 0 radical (unpaired) electrons. The number of rotatable bonds is 5. The van der Waals surface area contributed by atoms with Gasteiger partial charge in [-0.1, -0.05) is 42.5 Å². The Morgan fingerprint density at radius 1 is 1.09 bits per heavy atom. The molecular formula is C19H17NO2. The van der Waals surface area contributed by atoms with Crippen LogP contribution in [0.5, 0.6) is 0 Å². The van der Waals surface area contributed by atoms with Crippen LogP contribution >= 0.6 is 0 Å². The predicted molar refractivity (Wildman–Crippen MR) is 87.4 cm³/mol. The highest BCUT2D eigenvalue weighted by Crippen LogP contribution is 2.22. The summed E-state index contributed by atoms with van der Waals surface area (Å²) in [6, 6.07) is 15.3. The van der Waals surface area contributed by atoms with Crippen molar-refractivity contribution in [1.82, 2.24) is 4.57 Å². The highest BCUT2D eigenvalue weighted by molar-refractivity contribution is 6.08. The molecule has 1 heterocycles. The maximum atomic E-state index is 12.5. The van der Waals surface area contributed by atoms with Gasteiger partial charge < -0.3 is 4.57 Å². The molecular weight excluding hydrogens is 274 g/mol. The molecule has 22 heavy (non-hydrogen) atoms.